The average molecular weight is 376 g/mol. The maximum atomic E-state index is 13.0. The van der Waals surface area contributed by atoms with Crippen LogP contribution in [0.5, 0.6) is 11.5 Å². The summed E-state index contributed by atoms with van der Waals surface area (Å²) in [5.74, 6) is 1.06. The lowest BCUT2D eigenvalue weighted by Gasteiger charge is -2.37. The summed E-state index contributed by atoms with van der Waals surface area (Å²) in [5.41, 5.74) is 0.130. The van der Waals surface area contributed by atoms with Crippen molar-refractivity contribution < 1.29 is 19.1 Å². The van der Waals surface area contributed by atoms with Gasteiger partial charge in [-0.15, -0.1) is 0 Å². The molecule has 6 heteroatoms. The van der Waals surface area contributed by atoms with Crippen molar-refractivity contribution in [3.8, 4) is 11.5 Å². The van der Waals surface area contributed by atoms with Crippen molar-refractivity contribution in [1.29, 1.82) is 0 Å². The lowest BCUT2D eigenvalue weighted by atomic mass is 9.80. The van der Waals surface area contributed by atoms with Crippen molar-refractivity contribution in [3.05, 3.63) is 23.8 Å². The summed E-state index contributed by atoms with van der Waals surface area (Å²) < 4.78 is 11.1. The van der Waals surface area contributed by atoms with Gasteiger partial charge in [0.1, 0.15) is 5.54 Å². The van der Waals surface area contributed by atoms with Crippen LogP contribution in [0.25, 0.3) is 0 Å². The van der Waals surface area contributed by atoms with Gasteiger partial charge < -0.3 is 20.1 Å². The van der Waals surface area contributed by atoms with Crippen LogP contribution in [0.15, 0.2) is 18.2 Å². The van der Waals surface area contributed by atoms with E-state index in [1.54, 1.807) is 7.11 Å². The molecule has 2 N–H and O–H groups in total. The lowest BCUT2D eigenvalue weighted by Crippen LogP contribution is -2.59. The Kier molecular flexibility index (Phi) is 7.51. The van der Waals surface area contributed by atoms with Gasteiger partial charge in [-0.2, -0.15) is 0 Å². The summed E-state index contributed by atoms with van der Waals surface area (Å²) in [5, 5.41) is 5.99. The molecule has 0 aromatic heterocycles. The molecule has 1 unspecified atom stereocenters. The molecule has 0 saturated heterocycles. The third-order valence-electron chi connectivity index (χ3n) is 5.05. The molecule has 0 aliphatic heterocycles. The van der Waals surface area contributed by atoms with Crippen molar-refractivity contribution in [2.45, 2.75) is 70.9 Å². The molecule has 1 aromatic carbocycles. The molecular formula is C21H32N2O4. The minimum Gasteiger partial charge on any atom is -0.493 e. The Bertz CT molecular complexity index is 654. The van der Waals surface area contributed by atoms with Crippen LogP contribution >= 0.6 is 0 Å². The van der Waals surface area contributed by atoms with Crippen LogP contribution in [0.4, 0.5) is 0 Å². The van der Waals surface area contributed by atoms with Crippen molar-refractivity contribution in [3.63, 3.8) is 0 Å². The highest BCUT2D eigenvalue weighted by Gasteiger charge is 2.40. The van der Waals surface area contributed by atoms with Crippen molar-refractivity contribution >= 4 is 11.8 Å². The first-order chi connectivity index (χ1) is 12.9. The van der Waals surface area contributed by atoms with Crippen molar-refractivity contribution in [1.82, 2.24) is 10.6 Å². The number of hydrogen-bond donors (Lipinski definition) is 2. The summed E-state index contributed by atoms with van der Waals surface area (Å²) >= 11 is 0. The van der Waals surface area contributed by atoms with E-state index in [0.717, 1.165) is 31.2 Å². The predicted molar refractivity (Wildman–Crippen MR) is 105 cm³/mol. The summed E-state index contributed by atoms with van der Waals surface area (Å²) in [7, 11) is 1.61. The first-order valence-corrected chi connectivity index (χ1v) is 9.82. The third kappa shape index (κ3) is 5.37. The molecule has 2 rings (SSSR count). The van der Waals surface area contributed by atoms with E-state index >= 15 is 0 Å². The van der Waals surface area contributed by atoms with Gasteiger partial charge in [-0.1, -0.05) is 32.3 Å². The van der Waals surface area contributed by atoms with Crippen LogP contribution in [0.2, 0.25) is 0 Å². The lowest BCUT2D eigenvalue weighted by molar-refractivity contribution is -0.134. The zero-order valence-electron chi connectivity index (χ0n) is 16.9. The SMILES string of the molecule is CCCOc1ccc(C(C)NC(=O)C2(NC(C)=O)CCCCC2)cc1OC. The van der Waals surface area contributed by atoms with Crippen molar-refractivity contribution in [2.75, 3.05) is 13.7 Å². The molecule has 0 bridgehead atoms. The smallest absolute Gasteiger partial charge is 0.246 e. The van der Waals surface area contributed by atoms with Crippen LogP contribution in [-0.4, -0.2) is 31.1 Å². The van der Waals surface area contributed by atoms with Gasteiger partial charge in [0.2, 0.25) is 11.8 Å². The van der Waals surface area contributed by atoms with Gasteiger partial charge in [-0.05, 0) is 43.9 Å². The van der Waals surface area contributed by atoms with Crippen LogP contribution in [0, 0.1) is 0 Å². The second-order valence-corrected chi connectivity index (χ2v) is 7.28. The highest BCUT2D eigenvalue weighted by atomic mass is 16.5. The number of ether oxygens (including phenoxy) is 2. The number of hydrogen-bond acceptors (Lipinski definition) is 4. The molecule has 1 aliphatic carbocycles. The van der Waals surface area contributed by atoms with Gasteiger partial charge in [-0.3, -0.25) is 9.59 Å². The van der Waals surface area contributed by atoms with Gasteiger partial charge >= 0.3 is 0 Å². The van der Waals surface area contributed by atoms with E-state index in [4.69, 9.17) is 9.47 Å². The van der Waals surface area contributed by atoms with E-state index in [-0.39, 0.29) is 17.9 Å². The second-order valence-electron chi connectivity index (χ2n) is 7.28. The molecule has 0 spiro atoms. The van der Waals surface area contributed by atoms with Gasteiger partial charge in [0.25, 0.3) is 0 Å². The molecule has 1 aliphatic rings. The standard InChI is InChI=1S/C21H32N2O4/c1-5-13-27-18-10-9-17(14-19(18)26-4)15(2)22-20(25)21(23-16(3)24)11-7-6-8-12-21/h9-10,14-15H,5-8,11-13H2,1-4H3,(H,22,25)(H,23,24). The molecule has 27 heavy (non-hydrogen) atoms. The minimum absolute atomic E-state index is 0.116. The Labute approximate surface area is 162 Å². The summed E-state index contributed by atoms with van der Waals surface area (Å²) in [4.78, 5) is 24.7. The Morgan fingerprint density at radius 3 is 2.48 bits per heavy atom. The highest BCUT2D eigenvalue weighted by Crippen LogP contribution is 2.32. The van der Waals surface area contributed by atoms with Gasteiger partial charge in [0, 0.05) is 6.92 Å². The van der Waals surface area contributed by atoms with E-state index in [2.05, 4.69) is 17.6 Å². The third-order valence-corrected chi connectivity index (χ3v) is 5.05. The van der Waals surface area contributed by atoms with E-state index < -0.39 is 5.54 Å². The minimum atomic E-state index is -0.799. The van der Waals surface area contributed by atoms with E-state index in [9.17, 15) is 9.59 Å². The fourth-order valence-electron chi connectivity index (χ4n) is 3.60. The molecule has 1 aromatic rings. The van der Waals surface area contributed by atoms with Gasteiger partial charge in [-0.25, -0.2) is 0 Å². The van der Waals surface area contributed by atoms with E-state index in [0.29, 0.717) is 30.9 Å². The number of nitrogens with one attached hydrogen (secondary N) is 2. The van der Waals surface area contributed by atoms with Gasteiger partial charge in [0.15, 0.2) is 11.5 Å². The molecular weight excluding hydrogens is 344 g/mol. The Hall–Kier alpha value is -2.24. The molecule has 150 valence electrons. The predicted octanol–water partition coefficient (Wildman–Crippen LogP) is 3.50. The molecule has 1 atom stereocenters. The summed E-state index contributed by atoms with van der Waals surface area (Å²) in [6.45, 7) is 6.08. The topological polar surface area (TPSA) is 76.7 Å². The van der Waals surface area contributed by atoms with E-state index in [1.165, 1.54) is 6.92 Å². The summed E-state index contributed by atoms with van der Waals surface area (Å²) in [6, 6.07) is 5.49. The van der Waals surface area contributed by atoms with Gasteiger partial charge in [0.05, 0.1) is 19.8 Å². The molecule has 2 amide bonds. The molecule has 6 nitrogen and oxygen atoms in total. The normalized spacial score (nSPS) is 16.9. The Morgan fingerprint density at radius 1 is 1.19 bits per heavy atom. The van der Waals surface area contributed by atoms with E-state index in [1.807, 2.05) is 25.1 Å². The Morgan fingerprint density at radius 2 is 1.89 bits per heavy atom. The zero-order valence-corrected chi connectivity index (χ0v) is 16.9. The number of carbonyl (C=O) groups excluding carboxylic acids is 2. The number of amides is 2. The highest BCUT2D eigenvalue weighted by molar-refractivity contribution is 5.91. The molecule has 0 radical (unpaired) electrons. The largest absolute Gasteiger partial charge is 0.493 e. The van der Waals surface area contributed by atoms with Crippen LogP contribution in [0.1, 0.15) is 70.9 Å². The number of methoxy groups -OCH3 is 1. The fraction of sp³-hybridized carbons (Fsp3) is 0.619. The Balaban J connectivity index is 2.13. The fourth-order valence-corrected chi connectivity index (χ4v) is 3.60. The van der Waals surface area contributed by atoms with Crippen LogP contribution < -0.4 is 20.1 Å². The first-order valence-electron chi connectivity index (χ1n) is 9.82. The summed E-state index contributed by atoms with van der Waals surface area (Å²) in [6.07, 6.45) is 5.26. The average Bonchev–Trinajstić information content (AvgIpc) is 2.66. The quantitative estimate of drug-likeness (QED) is 0.728. The molecule has 1 fully saturated rings. The van der Waals surface area contributed by atoms with Crippen LogP contribution in [0.3, 0.4) is 0 Å². The molecule has 0 heterocycles. The zero-order chi connectivity index (χ0) is 19.9. The molecule has 1 saturated carbocycles. The number of carbonyl (C=O) groups is 2. The first kappa shape index (κ1) is 21.1. The van der Waals surface area contributed by atoms with Crippen LogP contribution in [-0.2, 0) is 9.59 Å². The van der Waals surface area contributed by atoms with Crippen molar-refractivity contribution in [2.24, 2.45) is 0 Å². The maximum Gasteiger partial charge on any atom is 0.246 e. The number of benzene rings is 1. The second kappa shape index (κ2) is 9.62. The maximum absolute atomic E-state index is 13.0. The monoisotopic (exact) mass is 376 g/mol. The number of rotatable bonds is 8.